The fraction of sp³-hybridized carbons (Fsp3) is 1.00. The molecule has 4 aliphatic carbocycles. The van der Waals surface area contributed by atoms with E-state index in [-0.39, 0.29) is 0 Å². The highest BCUT2D eigenvalue weighted by atomic mass is 16.3. The fourth-order valence-electron chi connectivity index (χ4n) is 5.33. The summed E-state index contributed by atoms with van der Waals surface area (Å²) < 4.78 is 0. The van der Waals surface area contributed by atoms with E-state index in [1.165, 1.54) is 38.5 Å². The van der Waals surface area contributed by atoms with Crippen LogP contribution in [0.3, 0.4) is 0 Å². The lowest BCUT2D eigenvalue weighted by molar-refractivity contribution is -0.132. The zero-order valence-corrected chi connectivity index (χ0v) is 9.21. The lowest BCUT2D eigenvalue weighted by atomic mass is 9.45. The van der Waals surface area contributed by atoms with Crippen molar-refractivity contribution in [1.82, 2.24) is 0 Å². The van der Waals surface area contributed by atoms with Gasteiger partial charge in [-0.05, 0) is 61.2 Å². The van der Waals surface area contributed by atoms with Gasteiger partial charge in [-0.15, -0.1) is 0 Å². The molecule has 0 aromatic heterocycles. The molecule has 14 heavy (non-hydrogen) atoms. The molecule has 4 aliphatic rings. The Kier molecular flexibility index (Phi) is 1.96. The van der Waals surface area contributed by atoms with Crippen molar-refractivity contribution in [3.8, 4) is 0 Å². The first-order chi connectivity index (χ1) is 6.77. The minimum atomic E-state index is 0.365. The van der Waals surface area contributed by atoms with Crippen LogP contribution in [0.1, 0.15) is 45.4 Å². The van der Waals surface area contributed by atoms with Gasteiger partial charge in [0.05, 0.1) is 0 Å². The van der Waals surface area contributed by atoms with E-state index in [4.69, 9.17) is 0 Å². The zero-order chi connectivity index (χ0) is 9.76. The van der Waals surface area contributed by atoms with E-state index < -0.39 is 0 Å². The molecule has 0 heterocycles. The summed E-state index contributed by atoms with van der Waals surface area (Å²) in [6.07, 6.45) is 8.43. The lowest BCUT2D eigenvalue weighted by Gasteiger charge is -2.61. The lowest BCUT2D eigenvalue weighted by Crippen LogP contribution is -2.54. The molecule has 4 saturated carbocycles. The van der Waals surface area contributed by atoms with Crippen LogP contribution >= 0.6 is 0 Å². The maximum absolute atomic E-state index is 9.73. The summed E-state index contributed by atoms with van der Waals surface area (Å²) in [6, 6.07) is 0. The third-order valence-electron chi connectivity index (χ3n) is 5.44. The van der Waals surface area contributed by atoms with Crippen LogP contribution in [-0.2, 0) is 0 Å². The van der Waals surface area contributed by atoms with Gasteiger partial charge in [-0.2, -0.15) is 0 Å². The predicted octanol–water partition coefficient (Wildman–Crippen LogP) is 2.83. The van der Waals surface area contributed by atoms with Crippen LogP contribution < -0.4 is 0 Å². The van der Waals surface area contributed by atoms with Gasteiger partial charge in [0.2, 0.25) is 0 Å². The summed E-state index contributed by atoms with van der Waals surface area (Å²) in [6.45, 7) is 2.79. The van der Waals surface area contributed by atoms with Crippen molar-refractivity contribution < 1.29 is 5.11 Å². The molecule has 0 aromatic rings. The summed E-state index contributed by atoms with van der Waals surface area (Å²) in [4.78, 5) is 0. The summed E-state index contributed by atoms with van der Waals surface area (Å²) >= 11 is 0. The predicted molar refractivity (Wildman–Crippen MR) is 56.9 cm³/mol. The molecule has 0 amide bonds. The van der Waals surface area contributed by atoms with Gasteiger partial charge in [0, 0.05) is 6.61 Å². The second kappa shape index (κ2) is 2.98. The van der Waals surface area contributed by atoms with Crippen LogP contribution in [0, 0.1) is 29.1 Å². The molecule has 3 atom stereocenters. The molecule has 1 heteroatoms. The van der Waals surface area contributed by atoms with Gasteiger partial charge in [-0.25, -0.2) is 0 Å². The highest BCUT2D eigenvalue weighted by Gasteiger charge is 2.55. The molecule has 0 saturated heterocycles. The number of aliphatic hydroxyl groups is 1. The third kappa shape index (κ3) is 1.05. The van der Waals surface area contributed by atoms with Crippen LogP contribution in [-0.4, -0.2) is 11.7 Å². The van der Waals surface area contributed by atoms with Crippen LogP contribution in [0.5, 0.6) is 0 Å². The van der Waals surface area contributed by atoms with Crippen LogP contribution in [0.2, 0.25) is 0 Å². The first-order valence-corrected chi connectivity index (χ1v) is 6.38. The van der Waals surface area contributed by atoms with Gasteiger partial charge >= 0.3 is 0 Å². The number of hydrogen-bond acceptors (Lipinski definition) is 1. The highest BCUT2D eigenvalue weighted by Crippen LogP contribution is 2.63. The average Bonchev–Trinajstić information content (AvgIpc) is 2.16. The van der Waals surface area contributed by atoms with Gasteiger partial charge in [0.15, 0.2) is 0 Å². The highest BCUT2D eigenvalue weighted by molar-refractivity contribution is 5.05. The van der Waals surface area contributed by atoms with Crippen molar-refractivity contribution in [1.29, 1.82) is 0 Å². The van der Waals surface area contributed by atoms with Crippen molar-refractivity contribution in [2.75, 3.05) is 6.61 Å². The zero-order valence-electron chi connectivity index (χ0n) is 9.21. The first-order valence-electron chi connectivity index (χ1n) is 6.38. The molecule has 0 radical (unpaired) electrons. The van der Waals surface area contributed by atoms with Crippen molar-refractivity contribution >= 4 is 0 Å². The monoisotopic (exact) mass is 194 g/mol. The molecule has 4 fully saturated rings. The molecule has 1 nitrogen and oxygen atoms in total. The van der Waals surface area contributed by atoms with Crippen molar-refractivity contribution in [2.24, 2.45) is 29.1 Å². The standard InChI is InChI=1S/C13H22O/c1-2-12-11-4-9-3-10(5-11)7-13(12,6-9)8-14/h9-12,14H,2-8H2,1H3. The van der Waals surface area contributed by atoms with Crippen LogP contribution in [0.15, 0.2) is 0 Å². The summed E-state index contributed by atoms with van der Waals surface area (Å²) in [5.41, 5.74) is 0.365. The normalized spacial score (nSPS) is 55.3. The minimum Gasteiger partial charge on any atom is -0.396 e. The SMILES string of the molecule is CCC1C2CC3CC(C2)CC1(CO)C3. The third-order valence-corrected chi connectivity index (χ3v) is 5.44. The van der Waals surface area contributed by atoms with E-state index in [0.29, 0.717) is 12.0 Å². The van der Waals surface area contributed by atoms with Gasteiger partial charge in [-0.1, -0.05) is 13.3 Å². The summed E-state index contributed by atoms with van der Waals surface area (Å²) in [5, 5.41) is 9.73. The van der Waals surface area contributed by atoms with Gasteiger partial charge in [0.25, 0.3) is 0 Å². The molecule has 80 valence electrons. The summed E-state index contributed by atoms with van der Waals surface area (Å²) in [7, 11) is 0. The van der Waals surface area contributed by atoms with E-state index in [2.05, 4.69) is 6.92 Å². The Bertz CT molecular complexity index is 221. The Balaban J connectivity index is 1.94. The number of hydrogen-bond donors (Lipinski definition) is 1. The molecule has 0 aliphatic heterocycles. The molecular weight excluding hydrogens is 172 g/mol. The smallest absolute Gasteiger partial charge is 0.0490 e. The Labute approximate surface area is 86.9 Å². The van der Waals surface area contributed by atoms with Gasteiger partial charge in [0.1, 0.15) is 0 Å². The number of rotatable bonds is 2. The molecule has 4 rings (SSSR count). The minimum absolute atomic E-state index is 0.365. The second-order valence-electron chi connectivity index (χ2n) is 6.14. The molecule has 0 spiro atoms. The van der Waals surface area contributed by atoms with Crippen LogP contribution in [0.25, 0.3) is 0 Å². The molecule has 3 unspecified atom stereocenters. The van der Waals surface area contributed by atoms with Crippen molar-refractivity contribution in [3.05, 3.63) is 0 Å². The Morgan fingerprint density at radius 3 is 2.29 bits per heavy atom. The molecule has 0 aromatic carbocycles. The van der Waals surface area contributed by atoms with Gasteiger partial charge in [-0.3, -0.25) is 0 Å². The first kappa shape index (κ1) is 9.21. The Morgan fingerprint density at radius 2 is 1.79 bits per heavy atom. The summed E-state index contributed by atoms with van der Waals surface area (Å²) in [5.74, 6) is 3.77. The van der Waals surface area contributed by atoms with E-state index in [1.807, 2.05) is 0 Å². The van der Waals surface area contributed by atoms with E-state index in [9.17, 15) is 5.11 Å². The quantitative estimate of drug-likeness (QED) is 0.716. The largest absolute Gasteiger partial charge is 0.396 e. The number of aliphatic hydroxyl groups excluding tert-OH is 1. The molecule has 1 N–H and O–H groups in total. The topological polar surface area (TPSA) is 20.2 Å². The molecule has 4 bridgehead atoms. The molecular formula is C13H22O. The van der Waals surface area contributed by atoms with E-state index >= 15 is 0 Å². The van der Waals surface area contributed by atoms with E-state index in [0.717, 1.165) is 23.7 Å². The average molecular weight is 194 g/mol. The fourth-order valence-corrected chi connectivity index (χ4v) is 5.33. The van der Waals surface area contributed by atoms with Gasteiger partial charge < -0.3 is 5.11 Å². The van der Waals surface area contributed by atoms with E-state index in [1.54, 1.807) is 0 Å². The Morgan fingerprint density at radius 1 is 1.14 bits per heavy atom. The van der Waals surface area contributed by atoms with Crippen LogP contribution in [0.4, 0.5) is 0 Å². The van der Waals surface area contributed by atoms with Crippen molar-refractivity contribution in [3.63, 3.8) is 0 Å². The van der Waals surface area contributed by atoms with Crippen molar-refractivity contribution in [2.45, 2.75) is 45.4 Å². The second-order valence-corrected chi connectivity index (χ2v) is 6.14. The Hall–Kier alpha value is -0.0400. The maximum Gasteiger partial charge on any atom is 0.0490 e. The maximum atomic E-state index is 9.73.